The van der Waals surface area contributed by atoms with E-state index >= 15 is 0 Å². The molecule has 2 N–H and O–H groups in total. The molecule has 0 unspecified atom stereocenters. The number of nitrogens with zero attached hydrogens (tertiary/aromatic N) is 1. The van der Waals surface area contributed by atoms with Gasteiger partial charge in [0.05, 0.1) is 0 Å². The van der Waals surface area contributed by atoms with Crippen molar-refractivity contribution in [3.63, 3.8) is 0 Å². The summed E-state index contributed by atoms with van der Waals surface area (Å²) in [4.78, 5) is 2.56. The smallest absolute Gasteiger partial charge is 0.0346 e. The number of nitrogen functional groups attached to an aromatic ring is 1. The van der Waals surface area contributed by atoms with Gasteiger partial charge < -0.3 is 10.6 Å². The van der Waals surface area contributed by atoms with Gasteiger partial charge in [-0.15, -0.1) is 0 Å². The fourth-order valence-electron chi connectivity index (χ4n) is 3.15. The van der Waals surface area contributed by atoms with E-state index in [-0.39, 0.29) is 0 Å². The number of rotatable bonds is 5. The molecule has 1 fully saturated rings. The first-order chi connectivity index (χ1) is 9.16. The first-order valence-corrected chi connectivity index (χ1v) is 7.70. The van der Waals surface area contributed by atoms with Gasteiger partial charge in [0.15, 0.2) is 0 Å². The molecular formula is C17H28N2. The first-order valence-electron chi connectivity index (χ1n) is 7.70. The maximum Gasteiger partial charge on any atom is 0.0346 e. The largest absolute Gasteiger partial charge is 0.399 e. The summed E-state index contributed by atoms with van der Waals surface area (Å²) in [6.45, 7) is 3.57. The van der Waals surface area contributed by atoms with Crippen molar-refractivity contribution in [2.24, 2.45) is 5.92 Å². The Labute approximate surface area is 118 Å². The summed E-state index contributed by atoms with van der Waals surface area (Å²) in [6.07, 6.45) is 7.87. The highest BCUT2D eigenvalue weighted by Crippen LogP contribution is 2.26. The molecule has 0 aliphatic heterocycles. The van der Waals surface area contributed by atoms with Crippen LogP contribution in [0.2, 0.25) is 0 Å². The maximum atomic E-state index is 5.98. The third-order valence-corrected chi connectivity index (χ3v) is 4.62. The van der Waals surface area contributed by atoms with E-state index < -0.39 is 0 Å². The average Bonchev–Trinajstić information content (AvgIpc) is 2.41. The lowest BCUT2D eigenvalue weighted by molar-refractivity contribution is 0.169. The van der Waals surface area contributed by atoms with Gasteiger partial charge in [0.1, 0.15) is 0 Å². The first kappa shape index (κ1) is 14.4. The maximum absolute atomic E-state index is 5.98. The average molecular weight is 260 g/mol. The van der Waals surface area contributed by atoms with Crippen LogP contribution < -0.4 is 5.73 Å². The van der Waals surface area contributed by atoms with Crippen LogP contribution in [0.3, 0.4) is 0 Å². The molecule has 2 rings (SSSR count). The number of benzene rings is 1. The second kappa shape index (κ2) is 6.95. The lowest BCUT2D eigenvalue weighted by Crippen LogP contribution is -2.35. The zero-order chi connectivity index (χ0) is 13.7. The minimum absolute atomic E-state index is 0.810. The number of anilines is 1. The van der Waals surface area contributed by atoms with E-state index in [4.69, 9.17) is 5.73 Å². The zero-order valence-electron chi connectivity index (χ0n) is 12.4. The predicted molar refractivity (Wildman–Crippen MR) is 83.2 cm³/mol. The van der Waals surface area contributed by atoms with Crippen LogP contribution >= 0.6 is 0 Å². The lowest BCUT2D eigenvalue weighted by Gasteiger charge is -2.33. The van der Waals surface area contributed by atoms with Crippen LogP contribution in [0.15, 0.2) is 24.3 Å². The Hall–Kier alpha value is -1.02. The zero-order valence-corrected chi connectivity index (χ0v) is 12.4. The Morgan fingerprint density at radius 1 is 1.16 bits per heavy atom. The predicted octanol–water partition coefficient (Wildman–Crippen LogP) is 3.71. The van der Waals surface area contributed by atoms with Crippen LogP contribution in [0.1, 0.15) is 44.6 Å². The molecule has 0 saturated heterocycles. The van der Waals surface area contributed by atoms with Crippen molar-refractivity contribution in [2.75, 3.05) is 19.3 Å². The molecule has 2 heteroatoms. The second-order valence-corrected chi connectivity index (χ2v) is 6.20. The van der Waals surface area contributed by atoms with Crippen molar-refractivity contribution in [2.45, 2.75) is 51.5 Å². The minimum atomic E-state index is 0.810. The molecule has 106 valence electrons. The Morgan fingerprint density at radius 3 is 2.53 bits per heavy atom. The molecule has 1 saturated carbocycles. The normalized spacial score (nSPS) is 23.7. The van der Waals surface area contributed by atoms with Gasteiger partial charge in [-0.2, -0.15) is 0 Å². The highest BCUT2D eigenvalue weighted by molar-refractivity contribution is 5.46. The van der Waals surface area contributed by atoms with E-state index in [0.717, 1.165) is 24.1 Å². The summed E-state index contributed by atoms with van der Waals surface area (Å²) in [5.41, 5.74) is 8.22. The van der Waals surface area contributed by atoms with Gasteiger partial charge in [0, 0.05) is 11.7 Å². The molecule has 1 aromatic rings. The van der Waals surface area contributed by atoms with E-state index in [1.165, 1.54) is 44.2 Å². The molecule has 2 nitrogen and oxygen atoms in total. The molecule has 0 radical (unpaired) electrons. The second-order valence-electron chi connectivity index (χ2n) is 6.20. The van der Waals surface area contributed by atoms with E-state index in [1.54, 1.807) is 0 Å². The molecule has 1 aromatic carbocycles. The van der Waals surface area contributed by atoms with Crippen LogP contribution in [-0.4, -0.2) is 24.5 Å². The lowest BCUT2D eigenvalue weighted by atomic mass is 9.86. The van der Waals surface area contributed by atoms with Crippen molar-refractivity contribution in [3.8, 4) is 0 Å². The number of hydrogen-bond acceptors (Lipinski definition) is 2. The number of hydrogen-bond donors (Lipinski definition) is 1. The van der Waals surface area contributed by atoms with Gasteiger partial charge in [0.2, 0.25) is 0 Å². The number of para-hydroxylation sites is 1. The Morgan fingerprint density at radius 2 is 1.84 bits per heavy atom. The van der Waals surface area contributed by atoms with Gasteiger partial charge >= 0.3 is 0 Å². The molecule has 1 aliphatic carbocycles. The van der Waals surface area contributed by atoms with Crippen LogP contribution in [0.5, 0.6) is 0 Å². The topological polar surface area (TPSA) is 29.3 Å². The van der Waals surface area contributed by atoms with Gasteiger partial charge in [-0.05, 0) is 69.7 Å². The van der Waals surface area contributed by atoms with Crippen LogP contribution in [-0.2, 0) is 6.42 Å². The van der Waals surface area contributed by atoms with Crippen molar-refractivity contribution in [1.29, 1.82) is 0 Å². The molecular weight excluding hydrogens is 232 g/mol. The summed E-state index contributed by atoms with van der Waals surface area (Å²) in [7, 11) is 2.29. The fourth-order valence-corrected chi connectivity index (χ4v) is 3.15. The quantitative estimate of drug-likeness (QED) is 0.818. The van der Waals surface area contributed by atoms with Gasteiger partial charge in [-0.25, -0.2) is 0 Å². The molecule has 0 aromatic heterocycles. The SMILES string of the molecule is CC1CCC(N(C)CCCc2ccccc2N)CC1. The van der Waals surface area contributed by atoms with Crippen LogP contribution in [0, 0.1) is 5.92 Å². The Bertz CT molecular complexity index is 381. The third kappa shape index (κ3) is 4.24. The van der Waals surface area contributed by atoms with Gasteiger partial charge in [0.25, 0.3) is 0 Å². The molecule has 0 bridgehead atoms. The summed E-state index contributed by atoms with van der Waals surface area (Å²) in [6, 6.07) is 9.05. The van der Waals surface area contributed by atoms with Gasteiger partial charge in [-0.3, -0.25) is 0 Å². The number of aryl methyl sites for hydroxylation is 1. The molecule has 1 aliphatic rings. The highest BCUT2D eigenvalue weighted by Gasteiger charge is 2.21. The standard InChI is InChI=1S/C17H28N2/c1-14-9-11-16(12-10-14)19(2)13-5-7-15-6-3-4-8-17(15)18/h3-4,6,8,14,16H,5,7,9-13,18H2,1-2H3. The monoisotopic (exact) mass is 260 g/mol. The van der Waals surface area contributed by atoms with E-state index in [2.05, 4.69) is 31.0 Å². The molecule has 19 heavy (non-hydrogen) atoms. The minimum Gasteiger partial charge on any atom is -0.399 e. The molecule has 0 amide bonds. The third-order valence-electron chi connectivity index (χ3n) is 4.62. The summed E-state index contributed by atoms with van der Waals surface area (Å²) in [5, 5.41) is 0. The summed E-state index contributed by atoms with van der Waals surface area (Å²) >= 11 is 0. The molecule has 0 heterocycles. The Kier molecular flexibility index (Phi) is 5.26. The van der Waals surface area contributed by atoms with Crippen molar-refractivity contribution >= 4 is 5.69 Å². The Balaban J connectivity index is 1.72. The number of nitrogens with two attached hydrogens (primary N) is 1. The van der Waals surface area contributed by atoms with Crippen molar-refractivity contribution in [3.05, 3.63) is 29.8 Å². The van der Waals surface area contributed by atoms with Crippen LogP contribution in [0.25, 0.3) is 0 Å². The van der Waals surface area contributed by atoms with Gasteiger partial charge in [-0.1, -0.05) is 25.1 Å². The van der Waals surface area contributed by atoms with E-state index in [9.17, 15) is 0 Å². The van der Waals surface area contributed by atoms with E-state index in [1.807, 2.05) is 12.1 Å². The summed E-state index contributed by atoms with van der Waals surface area (Å²) in [5.74, 6) is 0.939. The fraction of sp³-hybridized carbons (Fsp3) is 0.647. The molecule has 0 spiro atoms. The van der Waals surface area contributed by atoms with E-state index in [0.29, 0.717) is 0 Å². The van der Waals surface area contributed by atoms with Crippen LogP contribution in [0.4, 0.5) is 5.69 Å². The van der Waals surface area contributed by atoms with Crippen molar-refractivity contribution < 1.29 is 0 Å². The van der Waals surface area contributed by atoms with Crippen molar-refractivity contribution in [1.82, 2.24) is 4.90 Å². The molecule has 0 atom stereocenters. The highest BCUT2D eigenvalue weighted by atomic mass is 15.1. The summed E-state index contributed by atoms with van der Waals surface area (Å²) < 4.78 is 0.